The van der Waals surface area contributed by atoms with Gasteiger partial charge in [0, 0.05) is 58.0 Å². The third-order valence-corrected chi connectivity index (χ3v) is 12.5. The number of hydrogen-bond donors (Lipinski definition) is 0. The molecule has 0 unspecified atom stereocenters. The van der Waals surface area contributed by atoms with Crippen molar-refractivity contribution in [2.24, 2.45) is 0 Å². The Bertz CT molecular complexity index is 3740. The van der Waals surface area contributed by atoms with Crippen molar-refractivity contribution in [1.29, 1.82) is 0 Å². The second kappa shape index (κ2) is 18.3. The van der Waals surface area contributed by atoms with E-state index in [1.54, 1.807) is 6.07 Å². The maximum absolute atomic E-state index is 8.07. The van der Waals surface area contributed by atoms with E-state index in [-0.39, 0.29) is 48.5 Å². The second-order valence-corrected chi connectivity index (χ2v) is 20.2. The van der Waals surface area contributed by atoms with E-state index in [1.807, 2.05) is 72.9 Å². The van der Waals surface area contributed by atoms with Gasteiger partial charge in [-0.25, -0.2) is 0 Å². The molecule has 0 fully saturated rings. The molecule has 0 N–H and O–H groups in total. The summed E-state index contributed by atoms with van der Waals surface area (Å²) in [5, 5.41) is 2.45. The van der Waals surface area contributed by atoms with Crippen LogP contribution < -0.4 is 0 Å². The monoisotopic (exact) mass is 1090 g/mol. The van der Waals surface area contributed by atoms with E-state index >= 15 is 0 Å². The number of furan rings is 1. The van der Waals surface area contributed by atoms with Gasteiger partial charge in [0.15, 0.2) is 5.58 Å². The number of benzene rings is 5. The van der Waals surface area contributed by atoms with E-state index in [0.717, 1.165) is 66.4 Å². The molecule has 0 spiro atoms. The average molecular weight is 1090 g/mol. The van der Waals surface area contributed by atoms with Crippen LogP contribution in [0, 0.1) is 19.0 Å². The number of aromatic nitrogens is 6. The van der Waals surface area contributed by atoms with Crippen molar-refractivity contribution in [3.63, 3.8) is 0 Å². The smallest absolute Gasteiger partial charge is 0.218 e. The van der Waals surface area contributed by atoms with Crippen molar-refractivity contribution in [1.82, 2.24) is 29.5 Å². The molecule has 1 radical (unpaired) electrons. The summed E-state index contributed by atoms with van der Waals surface area (Å²) in [7, 11) is 0. The van der Waals surface area contributed by atoms with Crippen molar-refractivity contribution < 1.29 is 33.1 Å². The van der Waals surface area contributed by atoms with E-state index in [1.165, 1.54) is 5.56 Å². The topological polar surface area (TPSA) is 95.7 Å². The molecule has 8 nitrogen and oxygen atoms in total. The minimum Gasteiger partial charge on any atom is -0.486 e. The van der Waals surface area contributed by atoms with Crippen molar-refractivity contribution in [2.75, 3.05) is 0 Å². The molecule has 6 heterocycles. The van der Waals surface area contributed by atoms with Crippen LogP contribution in [0.5, 0.6) is 0 Å². The number of imidazole rings is 1. The molecule has 0 amide bonds. The van der Waals surface area contributed by atoms with Gasteiger partial charge in [0.05, 0.1) is 28.0 Å². The van der Waals surface area contributed by atoms with E-state index in [4.69, 9.17) is 27.9 Å². The molecule has 6 aromatic heterocycles. The van der Waals surface area contributed by atoms with Crippen molar-refractivity contribution >= 4 is 55.2 Å². The van der Waals surface area contributed by atoms with Crippen LogP contribution in [0.1, 0.15) is 113 Å². The molecule has 0 atom stereocenters. The first kappa shape index (κ1) is 43.5. The Labute approximate surface area is 421 Å². The molecule has 11 aromatic rings. The first-order valence-corrected chi connectivity index (χ1v) is 23.3. The maximum Gasteiger partial charge on any atom is 0.218 e. The summed E-state index contributed by atoms with van der Waals surface area (Å²) in [6.45, 7) is 19.3. The van der Waals surface area contributed by atoms with Crippen molar-refractivity contribution in [2.45, 2.75) is 98.8 Å². The Balaban J connectivity index is 0.000000321. The quantitative estimate of drug-likeness (QED) is 0.153. The fourth-order valence-electron chi connectivity index (χ4n) is 8.83. The summed E-state index contributed by atoms with van der Waals surface area (Å²) in [5.74, 6) is 1.52. The van der Waals surface area contributed by atoms with Crippen LogP contribution in [0.4, 0.5) is 0 Å². The molecule has 0 saturated carbocycles. The van der Waals surface area contributed by atoms with Crippen LogP contribution in [0.15, 0.2) is 136 Å². The zero-order valence-corrected chi connectivity index (χ0v) is 43.0. The average Bonchev–Trinajstić information content (AvgIpc) is 4.06. The minimum absolute atomic E-state index is 0. The standard InChI is InChI=1S/C45H40N5O2.C15H16N.Ir/c1-24(2)32-21-28(27-13-10-9-11-14-27)22-33(25(3)4)38(32)50-39-30-18-17-26(5)46-35(30)19-20-36(39)47-42(50)31-16-12-15-29-34-23-37-41(48-43(34)52-40(29)31)49-44(51-37)45(6,7)8;1-15(2,3)13-9-10-14(16-11-13)12-7-5-4-6-8-12;/h9-15,17-25H,1-8H3;4-7,9-11H,1-3H3;/q2*-1;/i5D3;;. The molecular weight excluding hydrogens is 1030 g/mol. The van der Waals surface area contributed by atoms with Gasteiger partial charge in [0.25, 0.3) is 0 Å². The Hall–Kier alpha value is -6.80. The molecule has 5 aromatic carbocycles. The zero-order valence-electron chi connectivity index (χ0n) is 43.6. The molecule has 0 bridgehead atoms. The van der Waals surface area contributed by atoms with Gasteiger partial charge in [-0.2, -0.15) is 9.97 Å². The van der Waals surface area contributed by atoms with Gasteiger partial charge in [-0.15, -0.1) is 54.1 Å². The number of rotatable bonds is 6. The number of nitrogens with zero attached hydrogens (tertiary/aromatic N) is 6. The number of hydrogen-bond acceptors (Lipinski definition) is 7. The maximum atomic E-state index is 8.07. The SMILES string of the molecule is CC(C)(C)c1ccc(-c2[c-]cccc2)nc1.[2H]C([2H])([2H])c1ccc2c(ccc3nc(-c4[c-]ccc5c4oc4nc6nc(C(C)(C)C)oc6cc45)n(-c4c(C(C)C)cc(-c5ccccc5)cc4C(C)C)c32)n1.[Ir]. The summed E-state index contributed by atoms with van der Waals surface area (Å²) in [6.07, 6.45) is 1.95. The largest absolute Gasteiger partial charge is 0.486 e. The Kier molecular flexibility index (Phi) is 11.5. The molecule has 69 heavy (non-hydrogen) atoms. The summed E-state index contributed by atoms with van der Waals surface area (Å²) in [4.78, 5) is 24.0. The van der Waals surface area contributed by atoms with Gasteiger partial charge in [-0.3, -0.25) is 9.97 Å². The first-order valence-electron chi connectivity index (χ1n) is 24.8. The van der Waals surface area contributed by atoms with Crippen LogP contribution in [0.25, 0.3) is 94.7 Å². The van der Waals surface area contributed by atoms with E-state index in [0.29, 0.717) is 45.3 Å². The molecule has 9 heteroatoms. The van der Waals surface area contributed by atoms with Crippen LogP contribution in [-0.2, 0) is 30.9 Å². The second-order valence-electron chi connectivity index (χ2n) is 20.2. The molecule has 0 aliphatic heterocycles. The normalized spacial score (nSPS) is 13.0. The fourth-order valence-corrected chi connectivity index (χ4v) is 8.83. The van der Waals surface area contributed by atoms with Crippen LogP contribution in [0.2, 0.25) is 0 Å². The van der Waals surface area contributed by atoms with Gasteiger partial charge in [0.1, 0.15) is 0 Å². The van der Waals surface area contributed by atoms with Crippen LogP contribution in [0.3, 0.4) is 0 Å². The van der Waals surface area contributed by atoms with Crippen molar-refractivity contribution in [3.05, 3.63) is 168 Å². The summed E-state index contributed by atoms with van der Waals surface area (Å²) in [5.41, 5.74) is 13.7. The van der Waals surface area contributed by atoms with Gasteiger partial charge in [-0.05, 0) is 100 Å². The van der Waals surface area contributed by atoms with Gasteiger partial charge < -0.3 is 18.4 Å². The first-order chi connectivity index (χ1) is 33.7. The van der Waals surface area contributed by atoms with E-state index < -0.39 is 6.85 Å². The van der Waals surface area contributed by atoms with Crippen LogP contribution in [-0.4, -0.2) is 29.5 Å². The third kappa shape index (κ3) is 8.90. The van der Waals surface area contributed by atoms with E-state index in [9.17, 15) is 0 Å². The predicted molar refractivity (Wildman–Crippen MR) is 278 cm³/mol. The third-order valence-electron chi connectivity index (χ3n) is 12.5. The van der Waals surface area contributed by atoms with Gasteiger partial charge >= 0.3 is 0 Å². The Morgan fingerprint density at radius 2 is 1.38 bits per heavy atom. The molecule has 349 valence electrons. The molecular formula is C60H56IrN6O2-2. The summed E-state index contributed by atoms with van der Waals surface area (Å²) < 4.78 is 39.3. The zero-order chi connectivity index (χ0) is 50.1. The summed E-state index contributed by atoms with van der Waals surface area (Å²) >= 11 is 0. The number of oxazole rings is 1. The molecule has 0 saturated heterocycles. The van der Waals surface area contributed by atoms with Crippen molar-refractivity contribution in [3.8, 4) is 39.5 Å². The molecule has 0 aliphatic carbocycles. The fraction of sp³-hybridized carbons (Fsp3) is 0.250. The van der Waals surface area contributed by atoms with Gasteiger partial charge in [0.2, 0.25) is 17.3 Å². The minimum atomic E-state index is -2.34. The van der Waals surface area contributed by atoms with Crippen LogP contribution >= 0.6 is 0 Å². The number of aryl methyl sites for hydroxylation is 1. The number of fused-ring (bicyclic) bond motifs is 7. The Morgan fingerprint density at radius 3 is 2.03 bits per heavy atom. The van der Waals surface area contributed by atoms with Gasteiger partial charge in [-0.1, -0.05) is 123 Å². The Morgan fingerprint density at radius 1 is 0.638 bits per heavy atom. The molecule has 11 rings (SSSR count). The van der Waals surface area contributed by atoms with E-state index in [2.05, 4.69) is 144 Å². The predicted octanol–water partition coefficient (Wildman–Crippen LogP) is 15.8. The number of pyridine rings is 3. The summed E-state index contributed by atoms with van der Waals surface area (Å²) in [6, 6.07) is 46.9. The molecule has 0 aliphatic rings.